The average Bonchev–Trinajstić information content (AvgIpc) is 2.87. The molecule has 0 amide bonds. The van der Waals surface area contributed by atoms with Gasteiger partial charge in [-0.15, -0.1) is 0 Å². The van der Waals surface area contributed by atoms with E-state index in [0.29, 0.717) is 5.41 Å². The van der Waals surface area contributed by atoms with Crippen molar-refractivity contribution < 1.29 is 4.74 Å². The van der Waals surface area contributed by atoms with Gasteiger partial charge in [-0.2, -0.15) is 0 Å². The zero-order valence-electron chi connectivity index (χ0n) is 10.4. The summed E-state index contributed by atoms with van der Waals surface area (Å²) in [5.74, 6) is 0.931. The van der Waals surface area contributed by atoms with Gasteiger partial charge in [-0.3, -0.25) is 0 Å². The highest BCUT2D eigenvalue weighted by Crippen LogP contribution is 2.44. The van der Waals surface area contributed by atoms with Crippen molar-refractivity contribution in [2.45, 2.75) is 32.7 Å². The van der Waals surface area contributed by atoms with Crippen LogP contribution in [0.25, 0.3) is 0 Å². The van der Waals surface area contributed by atoms with Gasteiger partial charge >= 0.3 is 0 Å². The predicted octanol–water partition coefficient (Wildman–Crippen LogP) is 2.63. The molecule has 1 atom stereocenters. The minimum Gasteiger partial charge on any atom is -0.497 e. The number of benzene rings is 1. The van der Waals surface area contributed by atoms with E-state index < -0.39 is 0 Å². The Morgan fingerprint density at radius 1 is 1.31 bits per heavy atom. The smallest absolute Gasteiger partial charge is 0.118 e. The molecule has 0 aromatic heterocycles. The molecule has 1 unspecified atom stereocenters. The van der Waals surface area contributed by atoms with Gasteiger partial charge in [0.15, 0.2) is 0 Å². The molecule has 0 heterocycles. The van der Waals surface area contributed by atoms with E-state index in [0.717, 1.165) is 24.8 Å². The minimum absolute atomic E-state index is 0.528. The van der Waals surface area contributed by atoms with Crippen LogP contribution in [0, 0.1) is 5.41 Å². The Kier molecular flexibility index (Phi) is 3.20. The van der Waals surface area contributed by atoms with Gasteiger partial charge in [0.2, 0.25) is 0 Å². The van der Waals surface area contributed by atoms with Gasteiger partial charge in [-0.1, -0.05) is 26.0 Å². The monoisotopic (exact) mass is 219 g/mol. The molecule has 1 aliphatic rings. The lowest BCUT2D eigenvalue weighted by molar-refractivity contribution is 0.414. The molecule has 16 heavy (non-hydrogen) atoms. The largest absolute Gasteiger partial charge is 0.497 e. The summed E-state index contributed by atoms with van der Waals surface area (Å²) in [6, 6.07) is 9.05. The first-order chi connectivity index (χ1) is 7.62. The summed E-state index contributed by atoms with van der Waals surface area (Å²) in [4.78, 5) is 0. The van der Waals surface area contributed by atoms with Gasteiger partial charge < -0.3 is 10.1 Å². The van der Waals surface area contributed by atoms with Crippen LogP contribution in [0.5, 0.6) is 5.75 Å². The lowest BCUT2D eigenvalue weighted by atomic mass is 10.1. The molecular formula is C14H21NO. The van der Waals surface area contributed by atoms with E-state index in [9.17, 15) is 0 Å². The SMILES string of the molecule is COc1ccc(CCNC2CC2(C)C)cc1. The molecule has 1 fully saturated rings. The Balaban J connectivity index is 1.73. The van der Waals surface area contributed by atoms with Gasteiger partial charge in [0.25, 0.3) is 0 Å². The maximum Gasteiger partial charge on any atom is 0.118 e. The van der Waals surface area contributed by atoms with Gasteiger partial charge in [0, 0.05) is 6.04 Å². The molecule has 0 spiro atoms. The first-order valence-corrected chi connectivity index (χ1v) is 5.98. The van der Waals surface area contributed by atoms with Crippen LogP contribution in [0.2, 0.25) is 0 Å². The van der Waals surface area contributed by atoms with Gasteiger partial charge in [0.1, 0.15) is 5.75 Å². The van der Waals surface area contributed by atoms with Crippen molar-refractivity contribution in [1.82, 2.24) is 5.32 Å². The quantitative estimate of drug-likeness (QED) is 0.822. The third kappa shape index (κ3) is 2.76. The lowest BCUT2D eigenvalue weighted by Crippen LogP contribution is -2.23. The van der Waals surface area contributed by atoms with Crippen LogP contribution in [-0.2, 0) is 6.42 Å². The molecule has 0 aliphatic heterocycles. The van der Waals surface area contributed by atoms with Crippen molar-refractivity contribution in [2.75, 3.05) is 13.7 Å². The Morgan fingerprint density at radius 2 is 1.94 bits per heavy atom. The van der Waals surface area contributed by atoms with Gasteiger partial charge in [-0.05, 0) is 42.5 Å². The highest BCUT2D eigenvalue weighted by Gasteiger charge is 2.44. The van der Waals surface area contributed by atoms with E-state index in [1.165, 1.54) is 12.0 Å². The normalized spacial score (nSPS) is 21.8. The van der Waals surface area contributed by atoms with E-state index >= 15 is 0 Å². The van der Waals surface area contributed by atoms with Crippen molar-refractivity contribution in [1.29, 1.82) is 0 Å². The molecule has 1 saturated carbocycles. The average molecular weight is 219 g/mol. The Labute approximate surface area is 98.0 Å². The molecular weight excluding hydrogens is 198 g/mol. The van der Waals surface area contributed by atoms with Gasteiger partial charge in [0.05, 0.1) is 7.11 Å². The first-order valence-electron chi connectivity index (χ1n) is 5.98. The standard InChI is InChI=1S/C14H21NO/c1-14(2)10-13(14)15-9-8-11-4-6-12(16-3)7-5-11/h4-7,13,15H,8-10H2,1-3H3. The van der Waals surface area contributed by atoms with Crippen molar-refractivity contribution in [3.8, 4) is 5.75 Å². The topological polar surface area (TPSA) is 21.3 Å². The van der Waals surface area contributed by atoms with Crippen LogP contribution in [-0.4, -0.2) is 19.7 Å². The van der Waals surface area contributed by atoms with E-state index in [1.54, 1.807) is 7.11 Å². The molecule has 2 nitrogen and oxygen atoms in total. The molecule has 0 radical (unpaired) electrons. The fourth-order valence-corrected chi connectivity index (χ4v) is 2.00. The van der Waals surface area contributed by atoms with Crippen molar-refractivity contribution in [2.24, 2.45) is 5.41 Å². The third-order valence-corrected chi connectivity index (χ3v) is 3.48. The van der Waals surface area contributed by atoms with Crippen LogP contribution < -0.4 is 10.1 Å². The van der Waals surface area contributed by atoms with E-state index in [4.69, 9.17) is 4.74 Å². The van der Waals surface area contributed by atoms with Crippen molar-refractivity contribution in [3.63, 3.8) is 0 Å². The number of methoxy groups -OCH3 is 1. The molecule has 1 N–H and O–H groups in total. The first kappa shape index (κ1) is 11.5. The van der Waals surface area contributed by atoms with Crippen LogP contribution >= 0.6 is 0 Å². The summed E-state index contributed by atoms with van der Waals surface area (Å²) < 4.78 is 5.13. The summed E-state index contributed by atoms with van der Waals surface area (Å²) in [7, 11) is 1.70. The summed E-state index contributed by atoms with van der Waals surface area (Å²) in [5, 5.41) is 3.59. The Morgan fingerprint density at radius 3 is 2.44 bits per heavy atom. The molecule has 2 rings (SSSR count). The maximum absolute atomic E-state index is 5.13. The zero-order chi connectivity index (χ0) is 11.6. The lowest BCUT2D eigenvalue weighted by Gasteiger charge is -2.07. The summed E-state index contributed by atoms with van der Waals surface area (Å²) in [6.45, 7) is 5.70. The van der Waals surface area contributed by atoms with Crippen LogP contribution in [0.4, 0.5) is 0 Å². The predicted molar refractivity (Wildman–Crippen MR) is 66.9 cm³/mol. The molecule has 1 aromatic carbocycles. The molecule has 1 aromatic rings. The van der Waals surface area contributed by atoms with Crippen molar-refractivity contribution in [3.05, 3.63) is 29.8 Å². The Hall–Kier alpha value is -1.02. The Bertz CT molecular complexity index is 342. The van der Waals surface area contributed by atoms with E-state index in [1.807, 2.05) is 12.1 Å². The number of rotatable bonds is 5. The fraction of sp³-hybridized carbons (Fsp3) is 0.571. The van der Waals surface area contributed by atoms with E-state index in [-0.39, 0.29) is 0 Å². The summed E-state index contributed by atoms with van der Waals surface area (Å²) in [6.07, 6.45) is 2.41. The maximum atomic E-state index is 5.13. The number of nitrogens with one attached hydrogen (secondary N) is 1. The number of ether oxygens (including phenoxy) is 1. The zero-order valence-corrected chi connectivity index (χ0v) is 10.4. The summed E-state index contributed by atoms with van der Waals surface area (Å²) >= 11 is 0. The number of hydrogen-bond donors (Lipinski definition) is 1. The second-order valence-electron chi connectivity index (χ2n) is 5.30. The number of hydrogen-bond acceptors (Lipinski definition) is 2. The second kappa shape index (κ2) is 4.46. The van der Waals surface area contributed by atoms with Crippen LogP contribution in [0.1, 0.15) is 25.8 Å². The fourth-order valence-electron chi connectivity index (χ4n) is 2.00. The van der Waals surface area contributed by atoms with E-state index in [2.05, 4.69) is 31.3 Å². The molecule has 0 saturated heterocycles. The van der Waals surface area contributed by atoms with Crippen LogP contribution in [0.15, 0.2) is 24.3 Å². The van der Waals surface area contributed by atoms with Crippen LogP contribution in [0.3, 0.4) is 0 Å². The molecule has 1 aliphatic carbocycles. The summed E-state index contributed by atoms with van der Waals surface area (Å²) in [5.41, 5.74) is 1.90. The molecule has 2 heteroatoms. The second-order valence-corrected chi connectivity index (χ2v) is 5.30. The minimum atomic E-state index is 0.528. The highest BCUT2D eigenvalue weighted by atomic mass is 16.5. The van der Waals surface area contributed by atoms with Gasteiger partial charge in [-0.25, -0.2) is 0 Å². The van der Waals surface area contributed by atoms with Crippen molar-refractivity contribution >= 4 is 0 Å². The highest BCUT2D eigenvalue weighted by molar-refractivity contribution is 5.27. The molecule has 88 valence electrons. The molecule has 0 bridgehead atoms. The third-order valence-electron chi connectivity index (χ3n) is 3.48.